The molecular formula is C3H7N2NaO2S. The summed E-state index contributed by atoms with van der Waals surface area (Å²) in [7, 11) is 0. The molecule has 0 spiro atoms. The Balaban J connectivity index is -0.0000000720. The van der Waals surface area contributed by atoms with Crippen molar-refractivity contribution in [1.82, 2.24) is 0 Å². The normalized spacial score (nSPS) is 5.44. The summed E-state index contributed by atoms with van der Waals surface area (Å²) in [6.07, 6.45) is 0. The van der Waals surface area contributed by atoms with Gasteiger partial charge in [-0.1, -0.05) is 0 Å². The Labute approximate surface area is 80.9 Å². The largest absolute Gasteiger partial charge is 1.00 e. The van der Waals surface area contributed by atoms with Crippen LogP contribution in [0.15, 0.2) is 0 Å². The molecule has 0 saturated heterocycles. The topological polar surface area (TPSA) is 92.2 Å². The van der Waals surface area contributed by atoms with Gasteiger partial charge < -0.3 is 21.4 Å². The van der Waals surface area contributed by atoms with Crippen molar-refractivity contribution in [3.05, 3.63) is 0 Å². The monoisotopic (exact) mass is 158 g/mol. The maximum Gasteiger partial charge on any atom is 1.00 e. The number of thiocarbonyl (C=S) groups is 1. The quantitative estimate of drug-likeness (QED) is 0.272. The molecule has 9 heavy (non-hydrogen) atoms. The van der Waals surface area contributed by atoms with E-state index in [2.05, 4.69) is 23.7 Å². The molecule has 0 aromatic carbocycles. The van der Waals surface area contributed by atoms with Gasteiger partial charge in [0.25, 0.3) is 0 Å². The summed E-state index contributed by atoms with van der Waals surface area (Å²) in [5.74, 6) is -1.08. The molecule has 0 heterocycles. The predicted octanol–water partition coefficient (Wildman–Crippen LogP) is -5.05. The molecule has 0 aromatic heterocycles. The zero-order chi connectivity index (χ0) is 7.15. The van der Waals surface area contributed by atoms with Gasteiger partial charge in [0.2, 0.25) is 0 Å². The molecule has 4 nitrogen and oxygen atoms in total. The van der Waals surface area contributed by atoms with E-state index in [1.54, 1.807) is 0 Å². The summed E-state index contributed by atoms with van der Waals surface area (Å²) in [4.78, 5) is 8.89. The predicted molar refractivity (Wildman–Crippen MR) is 31.7 cm³/mol. The molecule has 6 heteroatoms. The van der Waals surface area contributed by atoms with Gasteiger partial charge in [0.15, 0.2) is 5.11 Å². The second-order valence-electron chi connectivity index (χ2n) is 0.894. The van der Waals surface area contributed by atoms with Crippen molar-refractivity contribution in [2.24, 2.45) is 11.5 Å². The third-order valence-electron chi connectivity index (χ3n) is 0. The van der Waals surface area contributed by atoms with Crippen molar-refractivity contribution >= 4 is 23.3 Å². The molecule has 4 N–H and O–H groups in total. The Hall–Kier alpha value is 0.160. The standard InChI is InChI=1S/C2H4O2.CH4N2S.Na/c1-2(3)4;2-1(3)4;/h1H3,(H,3,4);(H4,2,3,4);/q;;+1/p-1. The fourth-order valence-electron chi connectivity index (χ4n) is 0. The van der Waals surface area contributed by atoms with Gasteiger partial charge in [-0.05, 0) is 19.1 Å². The molecule has 0 rings (SSSR count). The summed E-state index contributed by atoms with van der Waals surface area (Å²) in [5, 5.41) is 8.89. The number of rotatable bonds is 0. The van der Waals surface area contributed by atoms with Gasteiger partial charge in [-0.3, -0.25) is 0 Å². The molecule has 48 valence electrons. The van der Waals surface area contributed by atoms with E-state index >= 15 is 0 Å². The van der Waals surface area contributed by atoms with Crippen LogP contribution in [0.2, 0.25) is 0 Å². The third-order valence-corrected chi connectivity index (χ3v) is 0. The number of nitrogens with two attached hydrogens (primary N) is 2. The first-order valence-corrected chi connectivity index (χ1v) is 2.10. The molecule has 0 aromatic rings. The van der Waals surface area contributed by atoms with E-state index in [0.717, 1.165) is 6.92 Å². The molecule has 0 saturated carbocycles. The van der Waals surface area contributed by atoms with Crippen LogP contribution >= 0.6 is 12.2 Å². The number of hydrogen-bond acceptors (Lipinski definition) is 3. The number of aliphatic carboxylic acids is 1. The van der Waals surface area contributed by atoms with E-state index in [1.807, 2.05) is 0 Å². The van der Waals surface area contributed by atoms with Crippen LogP contribution in [0.25, 0.3) is 0 Å². The van der Waals surface area contributed by atoms with Crippen molar-refractivity contribution in [2.75, 3.05) is 0 Å². The van der Waals surface area contributed by atoms with Crippen molar-refractivity contribution in [3.8, 4) is 0 Å². The zero-order valence-electron chi connectivity index (χ0n) is 5.38. The van der Waals surface area contributed by atoms with Crippen LogP contribution in [0.1, 0.15) is 6.92 Å². The van der Waals surface area contributed by atoms with Gasteiger partial charge in [0.05, 0.1) is 0 Å². The van der Waals surface area contributed by atoms with Gasteiger partial charge in [-0.2, -0.15) is 0 Å². The molecule has 0 unspecified atom stereocenters. The van der Waals surface area contributed by atoms with E-state index in [-0.39, 0.29) is 34.7 Å². The Morgan fingerprint density at radius 1 is 1.56 bits per heavy atom. The fraction of sp³-hybridized carbons (Fsp3) is 0.333. The Morgan fingerprint density at radius 3 is 1.56 bits per heavy atom. The van der Waals surface area contributed by atoms with Crippen LogP contribution < -0.4 is 46.1 Å². The average Bonchev–Trinajstić information content (AvgIpc) is 1.25. The van der Waals surface area contributed by atoms with Gasteiger partial charge in [0, 0.05) is 5.97 Å². The zero-order valence-corrected chi connectivity index (χ0v) is 8.20. The summed E-state index contributed by atoms with van der Waals surface area (Å²) in [6, 6.07) is 0. The molecule has 0 aliphatic rings. The molecule has 0 amide bonds. The van der Waals surface area contributed by atoms with E-state index in [0.29, 0.717) is 0 Å². The maximum absolute atomic E-state index is 8.89. The molecule has 0 radical (unpaired) electrons. The van der Waals surface area contributed by atoms with E-state index < -0.39 is 5.97 Å². The second kappa shape index (κ2) is 11.0. The van der Waals surface area contributed by atoms with Crippen LogP contribution in [-0.2, 0) is 4.79 Å². The van der Waals surface area contributed by atoms with E-state index in [4.69, 9.17) is 9.90 Å². The van der Waals surface area contributed by atoms with E-state index in [1.165, 1.54) is 0 Å². The molecule has 0 bridgehead atoms. The molecule has 0 aliphatic heterocycles. The number of carboxylic acids is 1. The summed E-state index contributed by atoms with van der Waals surface area (Å²) >= 11 is 4.09. The van der Waals surface area contributed by atoms with Crippen LogP contribution in [0.4, 0.5) is 0 Å². The minimum Gasteiger partial charge on any atom is -0.550 e. The van der Waals surface area contributed by atoms with Crippen molar-refractivity contribution < 1.29 is 39.5 Å². The van der Waals surface area contributed by atoms with Gasteiger partial charge in [-0.15, -0.1) is 0 Å². The van der Waals surface area contributed by atoms with Crippen LogP contribution in [0, 0.1) is 0 Å². The first-order chi connectivity index (χ1) is 3.46. The summed E-state index contributed by atoms with van der Waals surface area (Å²) in [6.45, 7) is 0.972. The molecule has 0 aliphatic carbocycles. The second-order valence-corrected chi connectivity index (χ2v) is 1.37. The number of carboxylic acid groups (broad SMARTS) is 1. The Kier molecular flexibility index (Phi) is 19.7. The van der Waals surface area contributed by atoms with Gasteiger partial charge in [0.1, 0.15) is 0 Å². The van der Waals surface area contributed by atoms with Crippen molar-refractivity contribution in [2.45, 2.75) is 6.92 Å². The first kappa shape index (κ1) is 16.1. The Morgan fingerprint density at radius 2 is 1.56 bits per heavy atom. The fourth-order valence-corrected chi connectivity index (χ4v) is 0. The van der Waals surface area contributed by atoms with Crippen LogP contribution in [0.5, 0.6) is 0 Å². The van der Waals surface area contributed by atoms with Crippen LogP contribution in [-0.4, -0.2) is 11.1 Å². The van der Waals surface area contributed by atoms with Crippen molar-refractivity contribution in [3.63, 3.8) is 0 Å². The van der Waals surface area contributed by atoms with Crippen LogP contribution in [0.3, 0.4) is 0 Å². The van der Waals surface area contributed by atoms with Gasteiger partial charge in [-0.25, -0.2) is 0 Å². The summed E-state index contributed by atoms with van der Waals surface area (Å²) < 4.78 is 0. The maximum atomic E-state index is 8.89. The molecule has 0 fully saturated rings. The first-order valence-electron chi connectivity index (χ1n) is 1.69. The smallest absolute Gasteiger partial charge is 0.550 e. The average molecular weight is 158 g/mol. The molecular weight excluding hydrogens is 151 g/mol. The Bertz CT molecular complexity index is 77.8. The van der Waals surface area contributed by atoms with E-state index in [9.17, 15) is 0 Å². The van der Waals surface area contributed by atoms with Gasteiger partial charge >= 0.3 is 29.6 Å². The SMILES string of the molecule is CC(=O)[O-].NC(N)=S.[Na+]. The van der Waals surface area contributed by atoms with Crippen molar-refractivity contribution in [1.29, 1.82) is 0 Å². The number of carbonyl (C=O) groups excluding carboxylic acids is 1. The minimum atomic E-state index is -1.08. The third kappa shape index (κ3) is 12100. The minimum absolute atomic E-state index is 0. The number of hydrogen-bond donors (Lipinski definition) is 2. The number of carbonyl (C=O) groups is 1. The molecule has 0 atom stereocenters. The summed E-state index contributed by atoms with van der Waals surface area (Å²) in [5.41, 5.74) is 9.24.